The Hall–Kier alpha value is -0.770. The first-order chi connectivity index (χ1) is 8.49. The van der Waals surface area contributed by atoms with Crippen molar-refractivity contribution in [2.45, 2.75) is 18.4 Å². The molecule has 1 heterocycles. The van der Waals surface area contributed by atoms with Gasteiger partial charge in [0.25, 0.3) is 5.91 Å². The van der Waals surface area contributed by atoms with Crippen molar-refractivity contribution in [2.24, 2.45) is 5.92 Å². The molecule has 1 amide bonds. The van der Waals surface area contributed by atoms with Gasteiger partial charge in [0.1, 0.15) is 5.60 Å². The van der Waals surface area contributed by atoms with Gasteiger partial charge in [0, 0.05) is 5.02 Å². The zero-order valence-corrected chi connectivity index (χ0v) is 11.2. The van der Waals surface area contributed by atoms with Crippen molar-refractivity contribution >= 4 is 29.1 Å². The van der Waals surface area contributed by atoms with Gasteiger partial charge in [-0.25, -0.2) is 0 Å². The van der Waals surface area contributed by atoms with E-state index in [0.717, 1.165) is 12.8 Å². The fourth-order valence-corrected chi connectivity index (χ4v) is 2.84. The number of carbonyl (C=O) groups excluding carboxylic acids is 1. The zero-order valence-electron chi connectivity index (χ0n) is 9.70. The number of aliphatic hydroxyl groups is 1. The van der Waals surface area contributed by atoms with Gasteiger partial charge in [0.15, 0.2) is 0 Å². The van der Waals surface area contributed by atoms with E-state index in [-0.39, 0.29) is 5.91 Å². The summed E-state index contributed by atoms with van der Waals surface area (Å²) in [7, 11) is 0. The van der Waals surface area contributed by atoms with Crippen LogP contribution in [0.1, 0.15) is 23.2 Å². The Bertz CT molecular complexity index is 508. The predicted molar refractivity (Wildman–Crippen MR) is 70.0 cm³/mol. The largest absolute Gasteiger partial charge is 0.386 e. The molecule has 0 atom stereocenters. The summed E-state index contributed by atoms with van der Waals surface area (Å²) in [4.78, 5) is 13.8. The average Bonchev–Trinajstić information content (AvgIpc) is 3.11. The van der Waals surface area contributed by atoms with Crippen molar-refractivity contribution in [1.82, 2.24) is 4.90 Å². The van der Waals surface area contributed by atoms with E-state index in [2.05, 4.69) is 0 Å². The maximum Gasteiger partial charge on any atom is 0.255 e. The zero-order chi connectivity index (χ0) is 12.9. The van der Waals surface area contributed by atoms with Crippen molar-refractivity contribution in [3.63, 3.8) is 0 Å². The van der Waals surface area contributed by atoms with E-state index in [9.17, 15) is 9.90 Å². The lowest BCUT2D eigenvalue weighted by molar-refractivity contribution is -0.0958. The van der Waals surface area contributed by atoms with E-state index in [4.69, 9.17) is 23.2 Å². The number of β-amino-alcohol motifs (C(OH)–C–C–N with tert-alkyl or cyclic N) is 1. The quantitative estimate of drug-likeness (QED) is 0.907. The van der Waals surface area contributed by atoms with Crippen LogP contribution in [0, 0.1) is 5.92 Å². The number of hydrogen-bond acceptors (Lipinski definition) is 2. The monoisotopic (exact) mass is 285 g/mol. The van der Waals surface area contributed by atoms with E-state index < -0.39 is 5.60 Å². The molecular formula is C13H13Cl2NO2. The van der Waals surface area contributed by atoms with Crippen molar-refractivity contribution in [2.75, 3.05) is 13.1 Å². The molecule has 96 valence electrons. The molecule has 0 spiro atoms. The van der Waals surface area contributed by atoms with Crippen LogP contribution in [0.25, 0.3) is 0 Å². The molecule has 5 heteroatoms. The molecule has 1 aliphatic heterocycles. The number of halogens is 2. The number of likely N-dealkylation sites (tertiary alicyclic amines) is 1. The molecule has 18 heavy (non-hydrogen) atoms. The summed E-state index contributed by atoms with van der Waals surface area (Å²) >= 11 is 11.9. The number of amides is 1. The van der Waals surface area contributed by atoms with Crippen LogP contribution < -0.4 is 0 Å². The molecule has 3 rings (SSSR count). The molecule has 1 aliphatic carbocycles. The molecule has 2 aliphatic rings. The van der Waals surface area contributed by atoms with E-state index >= 15 is 0 Å². The molecule has 3 nitrogen and oxygen atoms in total. The molecule has 0 unspecified atom stereocenters. The van der Waals surface area contributed by atoms with E-state index in [1.807, 2.05) is 0 Å². The first-order valence-electron chi connectivity index (χ1n) is 5.96. The number of carbonyl (C=O) groups is 1. The van der Waals surface area contributed by atoms with Crippen molar-refractivity contribution in [3.8, 4) is 0 Å². The fraction of sp³-hybridized carbons (Fsp3) is 0.462. The van der Waals surface area contributed by atoms with Crippen molar-refractivity contribution in [1.29, 1.82) is 0 Å². The Morgan fingerprint density at radius 1 is 1.33 bits per heavy atom. The van der Waals surface area contributed by atoms with Gasteiger partial charge in [0.05, 0.1) is 23.7 Å². The maximum absolute atomic E-state index is 12.2. The Morgan fingerprint density at radius 2 is 2.00 bits per heavy atom. The van der Waals surface area contributed by atoms with Gasteiger partial charge in [-0.1, -0.05) is 23.2 Å². The lowest BCUT2D eigenvalue weighted by Gasteiger charge is -2.47. The van der Waals surface area contributed by atoms with Gasteiger partial charge in [-0.2, -0.15) is 0 Å². The number of nitrogens with zero attached hydrogens (tertiary/aromatic N) is 1. The van der Waals surface area contributed by atoms with Crippen LogP contribution in [0.2, 0.25) is 10.0 Å². The minimum Gasteiger partial charge on any atom is -0.386 e. The molecule has 0 aromatic heterocycles. The molecule has 0 radical (unpaired) electrons. The molecule has 1 aromatic carbocycles. The molecule has 1 N–H and O–H groups in total. The third-order valence-corrected chi connectivity index (χ3v) is 4.28. The van der Waals surface area contributed by atoms with Gasteiger partial charge in [-0.3, -0.25) is 4.79 Å². The number of hydrogen-bond donors (Lipinski definition) is 1. The van der Waals surface area contributed by atoms with Crippen LogP contribution >= 0.6 is 23.2 Å². The van der Waals surface area contributed by atoms with Crippen LogP contribution in [0.5, 0.6) is 0 Å². The van der Waals surface area contributed by atoms with Crippen molar-refractivity contribution in [3.05, 3.63) is 33.8 Å². The summed E-state index contributed by atoms with van der Waals surface area (Å²) in [6, 6.07) is 4.84. The highest BCUT2D eigenvalue weighted by Crippen LogP contribution is 2.45. The van der Waals surface area contributed by atoms with Crippen LogP contribution in [0.15, 0.2) is 18.2 Å². The van der Waals surface area contributed by atoms with Gasteiger partial charge >= 0.3 is 0 Å². The fourth-order valence-electron chi connectivity index (χ4n) is 2.47. The SMILES string of the molecule is O=C(c1cc(Cl)ccc1Cl)N1CC(O)(C2CC2)C1. The third-order valence-electron chi connectivity index (χ3n) is 3.71. The first-order valence-corrected chi connectivity index (χ1v) is 6.72. The summed E-state index contributed by atoms with van der Waals surface area (Å²) < 4.78 is 0. The van der Waals surface area contributed by atoms with Gasteiger partial charge in [-0.15, -0.1) is 0 Å². The average molecular weight is 286 g/mol. The molecular weight excluding hydrogens is 273 g/mol. The Labute approximate surface area is 115 Å². The highest BCUT2D eigenvalue weighted by atomic mass is 35.5. The second-order valence-electron chi connectivity index (χ2n) is 5.16. The van der Waals surface area contributed by atoms with E-state index in [1.165, 1.54) is 0 Å². The smallest absolute Gasteiger partial charge is 0.255 e. The highest BCUT2D eigenvalue weighted by Gasteiger charge is 2.53. The van der Waals surface area contributed by atoms with Gasteiger partial charge in [-0.05, 0) is 37.0 Å². The highest BCUT2D eigenvalue weighted by molar-refractivity contribution is 6.35. The lowest BCUT2D eigenvalue weighted by atomic mass is 9.88. The second-order valence-corrected chi connectivity index (χ2v) is 6.01. The summed E-state index contributed by atoms with van der Waals surface area (Å²) in [6.45, 7) is 0.804. The molecule has 1 saturated heterocycles. The first kappa shape index (κ1) is 12.3. The third kappa shape index (κ3) is 2.00. The Morgan fingerprint density at radius 3 is 2.61 bits per heavy atom. The van der Waals surface area contributed by atoms with Crippen LogP contribution in [0.4, 0.5) is 0 Å². The van der Waals surface area contributed by atoms with Crippen LogP contribution in [-0.4, -0.2) is 34.6 Å². The van der Waals surface area contributed by atoms with E-state index in [1.54, 1.807) is 23.1 Å². The van der Waals surface area contributed by atoms with Crippen molar-refractivity contribution < 1.29 is 9.90 Å². The summed E-state index contributed by atoms with van der Waals surface area (Å²) in [5, 5.41) is 11.1. The molecule has 2 fully saturated rings. The standard InChI is InChI=1S/C13H13Cl2NO2/c14-9-3-4-11(15)10(5-9)12(17)16-6-13(18,7-16)8-1-2-8/h3-5,8,18H,1-2,6-7H2. The minimum absolute atomic E-state index is 0.159. The van der Waals surface area contributed by atoms with Gasteiger partial charge in [0.2, 0.25) is 0 Å². The number of benzene rings is 1. The summed E-state index contributed by atoms with van der Waals surface area (Å²) in [5.74, 6) is 0.212. The Balaban J connectivity index is 1.74. The Kier molecular flexibility index (Phi) is 2.81. The maximum atomic E-state index is 12.2. The van der Waals surface area contributed by atoms with E-state index in [0.29, 0.717) is 34.6 Å². The van der Waals surface area contributed by atoms with Gasteiger partial charge < -0.3 is 10.0 Å². The molecule has 0 bridgehead atoms. The molecule has 1 aromatic rings. The predicted octanol–water partition coefficient (Wildman–Crippen LogP) is 2.59. The summed E-state index contributed by atoms with van der Waals surface area (Å²) in [6.07, 6.45) is 2.13. The number of rotatable bonds is 2. The second kappa shape index (κ2) is 4.12. The topological polar surface area (TPSA) is 40.5 Å². The lowest BCUT2D eigenvalue weighted by Crippen LogP contribution is -2.64. The summed E-state index contributed by atoms with van der Waals surface area (Å²) in [5.41, 5.74) is -0.261. The molecule has 1 saturated carbocycles. The normalized spacial score (nSPS) is 21.6. The van der Waals surface area contributed by atoms with Crippen LogP contribution in [-0.2, 0) is 0 Å². The van der Waals surface area contributed by atoms with Crippen LogP contribution in [0.3, 0.4) is 0 Å². The minimum atomic E-state index is -0.666.